The lowest BCUT2D eigenvalue weighted by Gasteiger charge is -2.16. The summed E-state index contributed by atoms with van der Waals surface area (Å²) in [6, 6.07) is 0. The van der Waals surface area contributed by atoms with Gasteiger partial charge in [0, 0.05) is 33.2 Å². The molecule has 0 aromatic rings. The Bertz CT molecular complexity index is 213. The first-order valence-corrected chi connectivity index (χ1v) is 6.36. The number of hydrogen-bond acceptors (Lipinski definition) is 4. The van der Waals surface area contributed by atoms with E-state index < -0.39 is 0 Å². The molecule has 0 aliphatic carbocycles. The molecule has 1 saturated heterocycles. The van der Waals surface area contributed by atoms with E-state index in [-0.39, 0.29) is 5.91 Å². The number of carbonyl (C=O) groups is 1. The molecular formula is C11H21NO3S. The highest BCUT2D eigenvalue weighted by Gasteiger charge is 2.27. The summed E-state index contributed by atoms with van der Waals surface area (Å²) in [7, 11) is 1.66. The van der Waals surface area contributed by atoms with Gasteiger partial charge in [-0.2, -0.15) is 12.6 Å². The van der Waals surface area contributed by atoms with E-state index in [1.54, 1.807) is 7.11 Å². The maximum Gasteiger partial charge on any atom is 0.222 e. The first-order valence-electron chi connectivity index (χ1n) is 5.73. The normalized spacial score (nSPS) is 20.8. The zero-order valence-corrected chi connectivity index (χ0v) is 10.7. The van der Waals surface area contributed by atoms with Gasteiger partial charge in [-0.15, -0.1) is 0 Å². The van der Waals surface area contributed by atoms with Crippen LogP contribution in [0.2, 0.25) is 0 Å². The summed E-state index contributed by atoms with van der Waals surface area (Å²) >= 11 is 4.23. The fourth-order valence-corrected chi connectivity index (χ4v) is 2.04. The van der Waals surface area contributed by atoms with E-state index in [1.807, 2.05) is 4.90 Å². The Kier molecular flexibility index (Phi) is 6.84. The third kappa shape index (κ3) is 4.72. The van der Waals surface area contributed by atoms with Crippen molar-refractivity contribution in [3.63, 3.8) is 0 Å². The molecule has 1 heterocycles. The molecule has 5 heteroatoms. The number of carbonyl (C=O) groups excluding carboxylic acids is 1. The number of hydrogen-bond donors (Lipinski definition) is 1. The molecule has 94 valence electrons. The topological polar surface area (TPSA) is 38.8 Å². The Labute approximate surface area is 103 Å². The van der Waals surface area contributed by atoms with E-state index >= 15 is 0 Å². The third-order valence-electron chi connectivity index (χ3n) is 2.70. The molecule has 0 N–H and O–H groups in total. The lowest BCUT2D eigenvalue weighted by atomic mass is 10.1. The Morgan fingerprint density at radius 1 is 1.44 bits per heavy atom. The monoisotopic (exact) mass is 247 g/mol. The number of ether oxygens (including phenoxy) is 2. The minimum atomic E-state index is 0.260. The minimum absolute atomic E-state index is 0.260. The van der Waals surface area contributed by atoms with Crippen molar-refractivity contribution in [3.05, 3.63) is 0 Å². The molecule has 0 aromatic carbocycles. The molecule has 0 spiro atoms. The second-order valence-corrected chi connectivity index (χ2v) is 4.42. The number of nitrogens with zero attached hydrogens (tertiary/aromatic N) is 1. The zero-order valence-electron chi connectivity index (χ0n) is 9.85. The molecule has 16 heavy (non-hydrogen) atoms. The van der Waals surface area contributed by atoms with Crippen molar-refractivity contribution in [2.75, 3.05) is 45.8 Å². The van der Waals surface area contributed by atoms with Crippen LogP contribution >= 0.6 is 12.6 Å². The molecule has 0 radical (unpaired) electrons. The van der Waals surface area contributed by atoms with Gasteiger partial charge in [-0.3, -0.25) is 4.79 Å². The van der Waals surface area contributed by atoms with Crippen LogP contribution in [0.1, 0.15) is 12.8 Å². The summed E-state index contributed by atoms with van der Waals surface area (Å²) in [4.78, 5) is 13.5. The van der Waals surface area contributed by atoms with Gasteiger partial charge in [0.2, 0.25) is 5.91 Å². The highest BCUT2D eigenvalue weighted by Crippen LogP contribution is 2.18. The van der Waals surface area contributed by atoms with Crippen molar-refractivity contribution in [1.29, 1.82) is 0 Å². The molecule has 0 aromatic heterocycles. The zero-order chi connectivity index (χ0) is 11.8. The second kappa shape index (κ2) is 7.92. The van der Waals surface area contributed by atoms with Crippen molar-refractivity contribution in [3.8, 4) is 0 Å². The van der Waals surface area contributed by atoms with Crippen LogP contribution in [0.4, 0.5) is 0 Å². The lowest BCUT2D eigenvalue weighted by Crippen LogP contribution is -2.27. The van der Waals surface area contributed by atoms with Crippen molar-refractivity contribution in [2.24, 2.45) is 5.92 Å². The lowest BCUT2D eigenvalue weighted by molar-refractivity contribution is -0.127. The van der Waals surface area contributed by atoms with Crippen LogP contribution in [0, 0.1) is 5.92 Å². The van der Waals surface area contributed by atoms with Crippen LogP contribution < -0.4 is 0 Å². The Morgan fingerprint density at radius 2 is 2.25 bits per heavy atom. The number of methoxy groups -OCH3 is 1. The van der Waals surface area contributed by atoms with Gasteiger partial charge >= 0.3 is 0 Å². The summed E-state index contributed by atoms with van der Waals surface area (Å²) in [6.45, 7) is 3.61. The summed E-state index contributed by atoms with van der Waals surface area (Å²) in [5.41, 5.74) is 0. The highest BCUT2D eigenvalue weighted by molar-refractivity contribution is 7.80. The predicted molar refractivity (Wildman–Crippen MR) is 65.9 cm³/mol. The fraction of sp³-hybridized carbons (Fsp3) is 0.909. The molecule has 0 bridgehead atoms. The molecule has 1 rings (SSSR count). The van der Waals surface area contributed by atoms with Crippen LogP contribution in [0.3, 0.4) is 0 Å². The molecule has 1 amide bonds. The third-order valence-corrected chi connectivity index (χ3v) is 3.22. The van der Waals surface area contributed by atoms with E-state index in [9.17, 15) is 4.79 Å². The second-order valence-electron chi connectivity index (χ2n) is 4.05. The van der Waals surface area contributed by atoms with Gasteiger partial charge in [0.25, 0.3) is 0 Å². The molecular weight excluding hydrogens is 226 g/mol. The number of likely N-dealkylation sites (tertiary alicyclic amines) is 1. The fourth-order valence-electron chi connectivity index (χ4n) is 1.79. The van der Waals surface area contributed by atoms with E-state index in [0.29, 0.717) is 32.2 Å². The van der Waals surface area contributed by atoms with Gasteiger partial charge < -0.3 is 14.4 Å². The molecule has 4 nitrogen and oxygen atoms in total. The standard InChI is InChI=1S/C11H21NO3S/c1-14-5-6-15-4-2-3-12-8-10(9-16)7-11(12)13/h10,16H,2-9H2,1H3. The minimum Gasteiger partial charge on any atom is -0.382 e. The molecule has 1 atom stereocenters. The van der Waals surface area contributed by atoms with Crippen LogP contribution in [0.5, 0.6) is 0 Å². The SMILES string of the molecule is COCCOCCCN1CC(CS)CC1=O. The van der Waals surface area contributed by atoms with Crippen molar-refractivity contribution >= 4 is 18.5 Å². The van der Waals surface area contributed by atoms with Gasteiger partial charge in [-0.05, 0) is 18.1 Å². The number of thiol groups is 1. The largest absolute Gasteiger partial charge is 0.382 e. The molecule has 1 unspecified atom stereocenters. The Hall–Kier alpha value is -0.260. The van der Waals surface area contributed by atoms with E-state index in [0.717, 1.165) is 25.3 Å². The maximum atomic E-state index is 11.5. The quantitative estimate of drug-likeness (QED) is 0.510. The van der Waals surface area contributed by atoms with Crippen LogP contribution in [-0.4, -0.2) is 56.6 Å². The first-order chi connectivity index (χ1) is 7.77. The molecule has 1 fully saturated rings. The Balaban J connectivity index is 2.03. The van der Waals surface area contributed by atoms with E-state index in [2.05, 4.69) is 12.6 Å². The van der Waals surface area contributed by atoms with Gasteiger partial charge in [-0.1, -0.05) is 0 Å². The maximum absolute atomic E-state index is 11.5. The predicted octanol–water partition coefficient (Wildman–Crippen LogP) is 0.818. The van der Waals surface area contributed by atoms with Crippen LogP contribution in [0.15, 0.2) is 0 Å². The first kappa shape index (κ1) is 13.8. The molecule has 1 aliphatic heterocycles. The van der Waals surface area contributed by atoms with Crippen molar-refractivity contribution in [2.45, 2.75) is 12.8 Å². The summed E-state index contributed by atoms with van der Waals surface area (Å²) < 4.78 is 10.2. The summed E-state index contributed by atoms with van der Waals surface area (Å²) in [5, 5.41) is 0. The number of amides is 1. The molecule has 0 saturated carbocycles. The van der Waals surface area contributed by atoms with E-state index in [1.165, 1.54) is 0 Å². The molecule has 1 aliphatic rings. The van der Waals surface area contributed by atoms with E-state index in [4.69, 9.17) is 9.47 Å². The van der Waals surface area contributed by atoms with Gasteiger partial charge in [-0.25, -0.2) is 0 Å². The number of rotatable bonds is 8. The average molecular weight is 247 g/mol. The van der Waals surface area contributed by atoms with Gasteiger partial charge in [0.1, 0.15) is 0 Å². The smallest absolute Gasteiger partial charge is 0.222 e. The van der Waals surface area contributed by atoms with Crippen LogP contribution in [-0.2, 0) is 14.3 Å². The summed E-state index contributed by atoms with van der Waals surface area (Å²) in [5.74, 6) is 1.49. The van der Waals surface area contributed by atoms with Crippen molar-refractivity contribution < 1.29 is 14.3 Å². The van der Waals surface area contributed by atoms with Crippen LogP contribution in [0.25, 0.3) is 0 Å². The summed E-state index contributed by atoms with van der Waals surface area (Å²) in [6.07, 6.45) is 1.56. The van der Waals surface area contributed by atoms with Gasteiger partial charge in [0.05, 0.1) is 13.2 Å². The van der Waals surface area contributed by atoms with Crippen molar-refractivity contribution in [1.82, 2.24) is 4.90 Å². The van der Waals surface area contributed by atoms with Gasteiger partial charge in [0.15, 0.2) is 0 Å². The Morgan fingerprint density at radius 3 is 2.88 bits per heavy atom. The highest BCUT2D eigenvalue weighted by atomic mass is 32.1. The average Bonchev–Trinajstić information content (AvgIpc) is 2.65.